The summed E-state index contributed by atoms with van der Waals surface area (Å²) in [6, 6.07) is 0.748. The van der Waals surface area contributed by atoms with Crippen molar-refractivity contribution in [2.45, 2.75) is 50.6 Å². The van der Waals surface area contributed by atoms with Crippen molar-refractivity contribution in [1.29, 1.82) is 0 Å². The fourth-order valence-electron chi connectivity index (χ4n) is 3.43. The molecule has 0 aliphatic heterocycles. The highest BCUT2D eigenvalue weighted by molar-refractivity contribution is 5.37. The van der Waals surface area contributed by atoms with E-state index in [9.17, 15) is 4.79 Å². The van der Waals surface area contributed by atoms with Crippen LogP contribution >= 0.6 is 0 Å². The maximum atomic E-state index is 12.6. The first kappa shape index (κ1) is 13.6. The normalized spacial score (nSPS) is 26.5. The molecule has 1 aromatic heterocycles. The molecule has 2 atom stereocenters. The second kappa shape index (κ2) is 5.56. The van der Waals surface area contributed by atoms with Gasteiger partial charge in [0, 0.05) is 31.5 Å². The summed E-state index contributed by atoms with van der Waals surface area (Å²) < 4.78 is 1.85. The lowest BCUT2D eigenvalue weighted by atomic mass is 9.84. The molecule has 2 unspecified atom stereocenters. The van der Waals surface area contributed by atoms with Gasteiger partial charge in [0.25, 0.3) is 5.56 Å². The first-order valence-electron chi connectivity index (χ1n) is 7.72. The Hall–Kier alpha value is -1.36. The van der Waals surface area contributed by atoms with Gasteiger partial charge in [-0.25, -0.2) is 4.98 Å². The average molecular weight is 276 g/mol. The fraction of sp³-hybridized carbons (Fsp3) is 0.733. The van der Waals surface area contributed by atoms with E-state index in [4.69, 9.17) is 5.73 Å². The van der Waals surface area contributed by atoms with Gasteiger partial charge in [-0.05, 0) is 38.1 Å². The van der Waals surface area contributed by atoms with E-state index in [1.165, 1.54) is 12.8 Å². The highest BCUT2D eigenvalue weighted by Crippen LogP contribution is 2.34. The van der Waals surface area contributed by atoms with Crippen LogP contribution in [0.5, 0.6) is 0 Å². The Morgan fingerprint density at radius 2 is 2.10 bits per heavy atom. The molecule has 2 N–H and O–H groups in total. The Bertz CT molecular complexity index is 523. The van der Waals surface area contributed by atoms with Gasteiger partial charge in [-0.15, -0.1) is 0 Å². The van der Waals surface area contributed by atoms with Crippen LogP contribution in [0.15, 0.2) is 17.2 Å². The summed E-state index contributed by atoms with van der Waals surface area (Å²) in [6.07, 6.45) is 10.5. The number of hydrogen-bond acceptors (Lipinski definition) is 4. The summed E-state index contributed by atoms with van der Waals surface area (Å²) in [5.41, 5.74) is 5.96. The van der Waals surface area contributed by atoms with Crippen LogP contribution in [0.25, 0.3) is 0 Å². The Labute approximate surface area is 119 Å². The van der Waals surface area contributed by atoms with Crippen molar-refractivity contribution in [3.05, 3.63) is 22.7 Å². The van der Waals surface area contributed by atoms with E-state index >= 15 is 0 Å². The maximum absolute atomic E-state index is 12.6. The summed E-state index contributed by atoms with van der Waals surface area (Å²) in [5, 5.41) is 0. The molecule has 0 amide bonds. The predicted octanol–water partition coefficient (Wildman–Crippen LogP) is 1.53. The number of hydrogen-bond donors (Lipinski definition) is 1. The van der Waals surface area contributed by atoms with Crippen LogP contribution in [-0.2, 0) is 0 Å². The molecule has 2 saturated carbocycles. The van der Waals surface area contributed by atoms with Crippen molar-refractivity contribution >= 4 is 5.82 Å². The summed E-state index contributed by atoms with van der Waals surface area (Å²) in [7, 11) is 2.00. The molecule has 0 radical (unpaired) electrons. The van der Waals surface area contributed by atoms with Crippen LogP contribution in [0.4, 0.5) is 5.82 Å². The highest BCUT2D eigenvalue weighted by Gasteiger charge is 2.31. The predicted molar refractivity (Wildman–Crippen MR) is 80.0 cm³/mol. The molecule has 5 nitrogen and oxygen atoms in total. The minimum Gasteiger partial charge on any atom is -0.352 e. The molecule has 3 rings (SSSR count). The van der Waals surface area contributed by atoms with Gasteiger partial charge in [-0.1, -0.05) is 12.8 Å². The molecule has 20 heavy (non-hydrogen) atoms. The summed E-state index contributed by atoms with van der Waals surface area (Å²) in [4.78, 5) is 19.0. The molecular weight excluding hydrogens is 252 g/mol. The lowest BCUT2D eigenvalue weighted by molar-refractivity contribution is 0.305. The highest BCUT2D eigenvalue weighted by atomic mass is 16.1. The van der Waals surface area contributed by atoms with Gasteiger partial charge in [-0.3, -0.25) is 4.79 Å². The molecule has 5 heteroatoms. The third-order valence-electron chi connectivity index (χ3n) is 4.79. The lowest BCUT2D eigenvalue weighted by Gasteiger charge is -2.37. The van der Waals surface area contributed by atoms with Crippen molar-refractivity contribution in [1.82, 2.24) is 9.55 Å². The number of nitrogens with two attached hydrogens (primary N) is 1. The fourth-order valence-corrected chi connectivity index (χ4v) is 3.43. The second-order valence-corrected chi connectivity index (χ2v) is 6.15. The Morgan fingerprint density at radius 3 is 2.80 bits per heavy atom. The summed E-state index contributed by atoms with van der Waals surface area (Å²) in [5.74, 6) is 1.06. The van der Waals surface area contributed by atoms with Crippen LogP contribution in [0.2, 0.25) is 0 Å². The van der Waals surface area contributed by atoms with E-state index in [1.54, 1.807) is 6.20 Å². The van der Waals surface area contributed by atoms with Crippen LogP contribution in [0.3, 0.4) is 0 Å². The Morgan fingerprint density at radius 1 is 1.35 bits per heavy atom. The molecule has 0 aromatic carbocycles. The van der Waals surface area contributed by atoms with Crippen molar-refractivity contribution in [2.75, 3.05) is 18.5 Å². The van der Waals surface area contributed by atoms with E-state index in [0.717, 1.165) is 25.7 Å². The molecule has 0 bridgehead atoms. The van der Waals surface area contributed by atoms with Gasteiger partial charge in [0.05, 0.1) is 0 Å². The summed E-state index contributed by atoms with van der Waals surface area (Å²) in [6.45, 7) is 0.693. The monoisotopic (exact) mass is 276 g/mol. The first-order chi connectivity index (χ1) is 9.72. The van der Waals surface area contributed by atoms with Gasteiger partial charge in [0.15, 0.2) is 5.82 Å². The maximum Gasteiger partial charge on any atom is 0.293 e. The minimum absolute atomic E-state index is 0.0545. The molecule has 1 heterocycles. The van der Waals surface area contributed by atoms with E-state index in [0.29, 0.717) is 30.4 Å². The zero-order valence-electron chi connectivity index (χ0n) is 12.2. The number of aromatic nitrogens is 2. The van der Waals surface area contributed by atoms with Crippen molar-refractivity contribution in [3.8, 4) is 0 Å². The third-order valence-corrected chi connectivity index (χ3v) is 4.79. The van der Waals surface area contributed by atoms with E-state index in [-0.39, 0.29) is 5.56 Å². The minimum atomic E-state index is 0.0545. The number of rotatable bonds is 4. The van der Waals surface area contributed by atoms with Gasteiger partial charge in [0.1, 0.15) is 0 Å². The molecule has 2 aliphatic carbocycles. The van der Waals surface area contributed by atoms with Crippen LogP contribution in [0, 0.1) is 5.92 Å². The van der Waals surface area contributed by atoms with Gasteiger partial charge < -0.3 is 15.2 Å². The SMILES string of the molecule is CN(c1nccn(C2CC2)c1=O)C1CCCCC1CN. The Balaban J connectivity index is 1.87. The van der Waals surface area contributed by atoms with E-state index in [2.05, 4.69) is 9.88 Å². The van der Waals surface area contributed by atoms with Crippen LogP contribution in [-0.4, -0.2) is 29.2 Å². The molecular formula is C15H24N4O. The zero-order chi connectivity index (χ0) is 14.1. The topological polar surface area (TPSA) is 64.2 Å². The largest absolute Gasteiger partial charge is 0.352 e. The van der Waals surface area contributed by atoms with Crippen molar-refractivity contribution < 1.29 is 0 Å². The molecule has 2 aliphatic rings. The van der Waals surface area contributed by atoms with Gasteiger partial charge in [0.2, 0.25) is 0 Å². The third kappa shape index (κ3) is 2.46. The quantitative estimate of drug-likeness (QED) is 0.906. The lowest BCUT2D eigenvalue weighted by Crippen LogP contribution is -2.46. The first-order valence-corrected chi connectivity index (χ1v) is 7.72. The molecule has 110 valence electrons. The zero-order valence-corrected chi connectivity index (χ0v) is 12.2. The van der Waals surface area contributed by atoms with Crippen molar-refractivity contribution in [3.63, 3.8) is 0 Å². The second-order valence-electron chi connectivity index (χ2n) is 6.15. The molecule has 2 fully saturated rings. The molecule has 0 saturated heterocycles. The number of nitrogens with zero attached hydrogens (tertiary/aromatic N) is 3. The van der Waals surface area contributed by atoms with Gasteiger partial charge in [-0.2, -0.15) is 0 Å². The van der Waals surface area contributed by atoms with Crippen LogP contribution in [0.1, 0.15) is 44.6 Å². The van der Waals surface area contributed by atoms with Gasteiger partial charge >= 0.3 is 0 Å². The molecule has 0 spiro atoms. The van der Waals surface area contributed by atoms with E-state index < -0.39 is 0 Å². The number of anilines is 1. The Kier molecular flexibility index (Phi) is 3.78. The van der Waals surface area contributed by atoms with Crippen molar-refractivity contribution in [2.24, 2.45) is 11.7 Å². The van der Waals surface area contributed by atoms with Crippen LogP contribution < -0.4 is 16.2 Å². The standard InChI is InChI=1S/C15H24N4O/c1-18(13-5-3-2-4-11(13)10-16)14-15(20)19(9-8-17-14)12-6-7-12/h8-9,11-13H,2-7,10,16H2,1H3. The average Bonchev–Trinajstić information content (AvgIpc) is 3.31. The smallest absolute Gasteiger partial charge is 0.293 e. The van der Waals surface area contributed by atoms with E-state index in [1.807, 2.05) is 17.8 Å². The summed E-state index contributed by atoms with van der Waals surface area (Å²) >= 11 is 0. The molecule has 1 aromatic rings.